The lowest BCUT2D eigenvalue weighted by molar-refractivity contribution is 0.349. The molecule has 0 aromatic heterocycles. The van der Waals surface area contributed by atoms with Gasteiger partial charge in [0, 0.05) is 11.6 Å². The first-order chi connectivity index (χ1) is 7.72. The van der Waals surface area contributed by atoms with Crippen LogP contribution in [0.2, 0.25) is 0 Å². The van der Waals surface area contributed by atoms with Gasteiger partial charge in [0.1, 0.15) is 12.4 Å². The van der Waals surface area contributed by atoms with Crippen molar-refractivity contribution in [1.82, 2.24) is 0 Å². The minimum atomic E-state index is 0.170. The number of halogens is 1. The van der Waals surface area contributed by atoms with Gasteiger partial charge in [0.15, 0.2) is 0 Å². The van der Waals surface area contributed by atoms with Gasteiger partial charge < -0.3 is 10.5 Å². The summed E-state index contributed by atoms with van der Waals surface area (Å²) in [7, 11) is 0. The highest BCUT2D eigenvalue weighted by Crippen LogP contribution is 2.35. The van der Waals surface area contributed by atoms with Gasteiger partial charge in [-0.25, -0.2) is 0 Å². The van der Waals surface area contributed by atoms with Crippen molar-refractivity contribution in [1.29, 1.82) is 0 Å². The molecule has 0 bridgehead atoms. The van der Waals surface area contributed by atoms with E-state index in [0.29, 0.717) is 6.61 Å². The van der Waals surface area contributed by atoms with Crippen molar-refractivity contribution in [2.24, 2.45) is 5.73 Å². The minimum absolute atomic E-state index is 0.170. The standard InChI is InChI=1S/C13H16ClNO/c1-9(7-14)8-16-13-4-2-3-10-11(13)5-6-12(10)15/h2-4,7,12H,5-6,8,15H2,1H3/b9-7-. The lowest BCUT2D eigenvalue weighted by Gasteiger charge is -2.11. The molecule has 86 valence electrons. The lowest BCUT2D eigenvalue weighted by Crippen LogP contribution is -2.05. The Hall–Kier alpha value is -0.990. The van der Waals surface area contributed by atoms with E-state index in [9.17, 15) is 0 Å². The van der Waals surface area contributed by atoms with Crippen LogP contribution in [0.1, 0.15) is 30.5 Å². The Morgan fingerprint density at radius 3 is 3.19 bits per heavy atom. The van der Waals surface area contributed by atoms with Crippen molar-refractivity contribution in [3.63, 3.8) is 0 Å². The second-order valence-electron chi connectivity index (χ2n) is 4.21. The van der Waals surface area contributed by atoms with Gasteiger partial charge in [0.05, 0.1) is 0 Å². The number of nitrogens with two attached hydrogens (primary N) is 1. The average Bonchev–Trinajstić information content (AvgIpc) is 2.69. The predicted octanol–water partition coefficient (Wildman–Crippen LogP) is 3.15. The topological polar surface area (TPSA) is 35.2 Å². The summed E-state index contributed by atoms with van der Waals surface area (Å²) in [6.07, 6.45) is 2.02. The summed E-state index contributed by atoms with van der Waals surface area (Å²) >= 11 is 5.60. The van der Waals surface area contributed by atoms with Gasteiger partial charge in [0.2, 0.25) is 0 Å². The second-order valence-corrected chi connectivity index (χ2v) is 4.43. The van der Waals surface area contributed by atoms with E-state index in [1.165, 1.54) is 11.1 Å². The van der Waals surface area contributed by atoms with Gasteiger partial charge in [-0.05, 0) is 42.5 Å². The summed E-state index contributed by atoms with van der Waals surface area (Å²) in [6.45, 7) is 2.48. The van der Waals surface area contributed by atoms with Crippen molar-refractivity contribution in [3.8, 4) is 5.75 Å². The zero-order chi connectivity index (χ0) is 11.5. The molecule has 0 heterocycles. The van der Waals surface area contributed by atoms with Crippen molar-refractivity contribution in [2.75, 3.05) is 6.61 Å². The molecule has 1 aromatic carbocycles. The molecule has 0 radical (unpaired) electrons. The van der Waals surface area contributed by atoms with E-state index in [0.717, 1.165) is 24.2 Å². The Kier molecular flexibility index (Phi) is 3.52. The van der Waals surface area contributed by atoms with E-state index in [1.54, 1.807) is 5.54 Å². The third kappa shape index (κ3) is 2.23. The molecule has 1 unspecified atom stereocenters. The van der Waals surface area contributed by atoms with E-state index in [1.807, 2.05) is 19.1 Å². The molecule has 1 atom stereocenters. The molecule has 1 aliphatic rings. The summed E-state index contributed by atoms with van der Waals surface area (Å²) in [6, 6.07) is 6.25. The van der Waals surface area contributed by atoms with E-state index in [4.69, 9.17) is 22.1 Å². The second kappa shape index (κ2) is 4.89. The molecule has 1 aromatic rings. The molecule has 3 heteroatoms. The summed E-state index contributed by atoms with van der Waals surface area (Å²) < 4.78 is 5.74. The maximum Gasteiger partial charge on any atom is 0.123 e. The van der Waals surface area contributed by atoms with E-state index < -0.39 is 0 Å². The zero-order valence-electron chi connectivity index (χ0n) is 9.37. The van der Waals surface area contributed by atoms with Crippen molar-refractivity contribution in [2.45, 2.75) is 25.8 Å². The summed E-state index contributed by atoms with van der Waals surface area (Å²) in [5.41, 5.74) is 11.1. The molecule has 2 rings (SSSR count). The molecule has 0 spiro atoms. The van der Waals surface area contributed by atoms with E-state index in [2.05, 4.69) is 6.07 Å². The fourth-order valence-corrected chi connectivity index (χ4v) is 2.07. The Balaban J connectivity index is 2.17. The third-order valence-corrected chi connectivity index (χ3v) is 3.29. The fourth-order valence-electron chi connectivity index (χ4n) is 2.01. The number of hydrogen-bond donors (Lipinski definition) is 1. The first-order valence-corrected chi connectivity index (χ1v) is 5.92. The number of benzene rings is 1. The highest BCUT2D eigenvalue weighted by molar-refractivity contribution is 6.25. The molecule has 0 amide bonds. The molecular weight excluding hydrogens is 222 g/mol. The van der Waals surface area contributed by atoms with Gasteiger partial charge in [-0.1, -0.05) is 23.7 Å². The van der Waals surface area contributed by atoms with Crippen LogP contribution in [0.3, 0.4) is 0 Å². The fraction of sp³-hybridized carbons (Fsp3) is 0.385. The Bertz CT molecular complexity index is 414. The van der Waals surface area contributed by atoms with Crippen LogP contribution < -0.4 is 10.5 Å². The van der Waals surface area contributed by atoms with Crippen LogP contribution in [0.5, 0.6) is 5.75 Å². The van der Waals surface area contributed by atoms with Gasteiger partial charge in [-0.2, -0.15) is 0 Å². The van der Waals surface area contributed by atoms with Gasteiger partial charge >= 0.3 is 0 Å². The number of rotatable bonds is 3. The summed E-state index contributed by atoms with van der Waals surface area (Å²) in [4.78, 5) is 0. The maximum atomic E-state index is 6.01. The first kappa shape index (κ1) is 11.5. The molecule has 0 saturated heterocycles. The highest BCUT2D eigenvalue weighted by atomic mass is 35.5. The van der Waals surface area contributed by atoms with Crippen LogP contribution in [0.15, 0.2) is 29.3 Å². The Labute approximate surface area is 101 Å². The molecule has 16 heavy (non-hydrogen) atoms. The SMILES string of the molecule is C/C(=C/Cl)COc1cccc2c1CCC2N. The lowest BCUT2D eigenvalue weighted by atomic mass is 10.1. The monoisotopic (exact) mass is 237 g/mol. The third-order valence-electron chi connectivity index (χ3n) is 2.92. The normalized spacial score (nSPS) is 19.7. The smallest absolute Gasteiger partial charge is 0.123 e. The predicted molar refractivity (Wildman–Crippen MR) is 66.8 cm³/mol. The van der Waals surface area contributed by atoms with E-state index >= 15 is 0 Å². The highest BCUT2D eigenvalue weighted by Gasteiger charge is 2.21. The summed E-state index contributed by atoms with van der Waals surface area (Å²) in [5, 5.41) is 0. The average molecular weight is 238 g/mol. The van der Waals surface area contributed by atoms with E-state index in [-0.39, 0.29) is 6.04 Å². The van der Waals surface area contributed by atoms with Crippen LogP contribution in [-0.4, -0.2) is 6.61 Å². The largest absolute Gasteiger partial charge is 0.489 e. The van der Waals surface area contributed by atoms with Gasteiger partial charge in [0.25, 0.3) is 0 Å². The first-order valence-electron chi connectivity index (χ1n) is 5.48. The summed E-state index contributed by atoms with van der Waals surface area (Å²) in [5.74, 6) is 0.948. The van der Waals surface area contributed by atoms with Crippen LogP contribution >= 0.6 is 11.6 Å². The van der Waals surface area contributed by atoms with Crippen molar-refractivity contribution < 1.29 is 4.74 Å². The maximum absolute atomic E-state index is 6.01. The van der Waals surface area contributed by atoms with Gasteiger partial charge in [-0.15, -0.1) is 0 Å². The zero-order valence-corrected chi connectivity index (χ0v) is 10.1. The Morgan fingerprint density at radius 2 is 2.44 bits per heavy atom. The number of ether oxygens (including phenoxy) is 1. The Morgan fingerprint density at radius 1 is 1.62 bits per heavy atom. The molecule has 1 aliphatic carbocycles. The van der Waals surface area contributed by atoms with Crippen molar-refractivity contribution in [3.05, 3.63) is 40.4 Å². The van der Waals surface area contributed by atoms with Crippen LogP contribution in [-0.2, 0) is 6.42 Å². The molecule has 0 fully saturated rings. The van der Waals surface area contributed by atoms with Crippen LogP contribution in [0.4, 0.5) is 0 Å². The number of fused-ring (bicyclic) bond motifs is 1. The molecular formula is C13H16ClNO. The molecule has 0 saturated carbocycles. The van der Waals surface area contributed by atoms with Crippen LogP contribution in [0, 0.1) is 0 Å². The van der Waals surface area contributed by atoms with Crippen molar-refractivity contribution >= 4 is 11.6 Å². The van der Waals surface area contributed by atoms with Gasteiger partial charge in [-0.3, -0.25) is 0 Å². The minimum Gasteiger partial charge on any atom is -0.489 e. The quantitative estimate of drug-likeness (QED) is 0.877. The molecule has 0 aliphatic heterocycles. The number of hydrogen-bond acceptors (Lipinski definition) is 2. The van der Waals surface area contributed by atoms with Crippen LogP contribution in [0.25, 0.3) is 0 Å². The molecule has 2 N–H and O–H groups in total. The molecule has 2 nitrogen and oxygen atoms in total.